The third-order valence-corrected chi connectivity index (χ3v) is 7.49. The fraction of sp³-hybridized carbons (Fsp3) is 0.267. The molecular formula is C30H30N6O3S. The average molecular weight is 555 g/mol. The summed E-state index contributed by atoms with van der Waals surface area (Å²) in [6, 6.07) is 21.7. The van der Waals surface area contributed by atoms with Gasteiger partial charge in [-0.2, -0.15) is 0 Å². The Morgan fingerprint density at radius 3 is 2.50 bits per heavy atom. The molecule has 1 saturated heterocycles. The van der Waals surface area contributed by atoms with Gasteiger partial charge in [-0.3, -0.25) is 4.90 Å². The number of nitrogens with zero attached hydrogens (tertiary/aromatic N) is 5. The highest BCUT2D eigenvalue weighted by atomic mass is 32.1. The van der Waals surface area contributed by atoms with E-state index in [0.29, 0.717) is 22.7 Å². The highest BCUT2D eigenvalue weighted by molar-refractivity contribution is 7.18. The normalized spacial score (nSPS) is 17.7. The molecule has 5 aromatic rings. The number of pyridine rings is 1. The zero-order valence-corrected chi connectivity index (χ0v) is 23.1. The number of aliphatic hydroxyl groups is 1. The molecule has 0 unspecified atom stereocenters. The number of rotatable bonds is 8. The summed E-state index contributed by atoms with van der Waals surface area (Å²) in [5.74, 6) is 1.57. The molecule has 6 rings (SSSR count). The van der Waals surface area contributed by atoms with Crippen LogP contribution in [0.2, 0.25) is 0 Å². The van der Waals surface area contributed by atoms with Crippen molar-refractivity contribution in [2.45, 2.75) is 39.2 Å². The summed E-state index contributed by atoms with van der Waals surface area (Å²) in [5.41, 5.74) is 4.61. The van der Waals surface area contributed by atoms with Gasteiger partial charge < -0.3 is 19.6 Å². The van der Waals surface area contributed by atoms with Crippen LogP contribution in [0, 0.1) is 0 Å². The van der Waals surface area contributed by atoms with Crippen LogP contribution < -0.4 is 5.32 Å². The standard InChI is InChI=1S/C30H30N6O3S/c1-19-15-36(16-20(2)38-19)17-22-12-25(24-10-6-7-21(11-24)18-37)32-27(13-22)33-30-31-14-26(40-30)29-35-34-28(39-29)23-8-4-3-5-9-23/h3-14,19-20,37H,15-18H2,1-2H3,(H,31,32,33)/t19-,20+. The van der Waals surface area contributed by atoms with Gasteiger partial charge in [0, 0.05) is 30.8 Å². The maximum absolute atomic E-state index is 9.67. The molecule has 10 heteroatoms. The van der Waals surface area contributed by atoms with Crippen molar-refractivity contribution in [2.75, 3.05) is 18.4 Å². The topological polar surface area (TPSA) is 109 Å². The van der Waals surface area contributed by atoms with Crippen LogP contribution in [0.1, 0.15) is 25.0 Å². The van der Waals surface area contributed by atoms with E-state index in [1.54, 1.807) is 6.20 Å². The molecule has 0 amide bonds. The lowest BCUT2D eigenvalue weighted by molar-refractivity contribution is -0.0704. The molecule has 3 aromatic heterocycles. The monoisotopic (exact) mass is 554 g/mol. The molecule has 0 radical (unpaired) electrons. The van der Waals surface area contributed by atoms with E-state index < -0.39 is 0 Å². The fourth-order valence-corrected chi connectivity index (χ4v) is 5.70. The van der Waals surface area contributed by atoms with Gasteiger partial charge >= 0.3 is 0 Å². The minimum atomic E-state index is -0.0221. The maximum atomic E-state index is 9.67. The molecule has 0 bridgehead atoms. The zero-order chi connectivity index (χ0) is 27.5. The number of aromatic nitrogens is 4. The van der Waals surface area contributed by atoms with E-state index in [1.807, 2.05) is 54.6 Å². The van der Waals surface area contributed by atoms with Crippen LogP contribution in [-0.2, 0) is 17.9 Å². The lowest BCUT2D eigenvalue weighted by atomic mass is 10.1. The van der Waals surface area contributed by atoms with Crippen LogP contribution in [0.5, 0.6) is 0 Å². The van der Waals surface area contributed by atoms with Crippen molar-refractivity contribution in [3.05, 3.63) is 84.1 Å². The Hall–Kier alpha value is -3.96. The Labute approximate surface area is 236 Å². The molecule has 0 spiro atoms. The largest absolute Gasteiger partial charge is 0.415 e. The van der Waals surface area contributed by atoms with Crippen LogP contribution in [-0.4, -0.2) is 55.5 Å². The van der Waals surface area contributed by atoms with Gasteiger partial charge in [0.15, 0.2) is 5.13 Å². The number of ether oxygens (including phenoxy) is 1. The first kappa shape index (κ1) is 26.3. The van der Waals surface area contributed by atoms with E-state index in [-0.39, 0.29) is 18.8 Å². The number of hydrogen-bond acceptors (Lipinski definition) is 10. The molecule has 9 nitrogen and oxygen atoms in total. The molecule has 204 valence electrons. The number of thiazole rings is 1. The van der Waals surface area contributed by atoms with Crippen LogP contribution in [0.25, 0.3) is 33.5 Å². The van der Waals surface area contributed by atoms with Crippen molar-refractivity contribution in [1.82, 2.24) is 25.1 Å². The number of hydrogen-bond donors (Lipinski definition) is 2. The van der Waals surface area contributed by atoms with Gasteiger partial charge in [0.25, 0.3) is 5.89 Å². The second kappa shape index (κ2) is 11.6. The molecule has 0 aliphatic carbocycles. The minimum Gasteiger partial charge on any atom is -0.415 e. The molecule has 4 heterocycles. The smallest absolute Gasteiger partial charge is 0.259 e. The summed E-state index contributed by atoms with van der Waals surface area (Å²) in [6.45, 7) is 6.72. The average Bonchev–Trinajstić information content (AvgIpc) is 3.63. The molecule has 1 aliphatic rings. The van der Waals surface area contributed by atoms with Gasteiger partial charge in [0.2, 0.25) is 5.89 Å². The summed E-state index contributed by atoms with van der Waals surface area (Å²) in [7, 11) is 0. The van der Waals surface area contributed by atoms with Crippen molar-refractivity contribution in [3.63, 3.8) is 0 Å². The predicted molar refractivity (Wildman–Crippen MR) is 155 cm³/mol. The van der Waals surface area contributed by atoms with E-state index in [0.717, 1.165) is 52.5 Å². The summed E-state index contributed by atoms with van der Waals surface area (Å²) >= 11 is 1.42. The Morgan fingerprint density at radius 1 is 0.925 bits per heavy atom. The summed E-state index contributed by atoms with van der Waals surface area (Å²) in [6.07, 6.45) is 2.09. The Balaban J connectivity index is 1.27. The van der Waals surface area contributed by atoms with Gasteiger partial charge in [0.1, 0.15) is 10.7 Å². The molecule has 2 atom stereocenters. The quantitative estimate of drug-likeness (QED) is 0.247. The fourth-order valence-electron chi connectivity index (χ4n) is 4.95. The molecule has 2 aromatic carbocycles. The number of morpholine rings is 1. The minimum absolute atomic E-state index is 0.0221. The van der Waals surface area contributed by atoms with Crippen LogP contribution in [0.3, 0.4) is 0 Å². The van der Waals surface area contributed by atoms with Crippen LogP contribution in [0.15, 0.2) is 77.3 Å². The highest BCUT2D eigenvalue weighted by Crippen LogP contribution is 2.32. The lowest BCUT2D eigenvalue weighted by Crippen LogP contribution is -2.44. The summed E-state index contributed by atoms with van der Waals surface area (Å²) in [4.78, 5) is 12.6. The first-order valence-electron chi connectivity index (χ1n) is 13.2. The molecular weight excluding hydrogens is 524 g/mol. The van der Waals surface area contributed by atoms with Crippen LogP contribution >= 0.6 is 11.3 Å². The van der Waals surface area contributed by atoms with Crippen molar-refractivity contribution >= 4 is 22.3 Å². The summed E-state index contributed by atoms with van der Waals surface area (Å²) < 4.78 is 11.8. The van der Waals surface area contributed by atoms with E-state index in [4.69, 9.17) is 14.1 Å². The number of anilines is 2. The van der Waals surface area contributed by atoms with E-state index in [2.05, 4.69) is 51.4 Å². The van der Waals surface area contributed by atoms with Gasteiger partial charge in [0.05, 0.1) is 30.7 Å². The second-order valence-corrected chi connectivity index (χ2v) is 11.0. The SMILES string of the molecule is C[C@@H]1CN(Cc2cc(Nc3ncc(-c4nnc(-c5ccccc5)o4)s3)nc(-c3cccc(CO)c3)c2)C[C@H](C)O1. The molecule has 2 N–H and O–H groups in total. The second-order valence-electron chi connectivity index (χ2n) is 9.99. The first-order chi connectivity index (χ1) is 19.5. The number of benzene rings is 2. The zero-order valence-electron chi connectivity index (χ0n) is 22.3. The lowest BCUT2D eigenvalue weighted by Gasteiger charge is -2.35. The summed E-state index contributed by atoms with van der Waals surface area (Å²) in [5, 5.41) is 22.1. The number of nitrogens with one attached hydrogen (secondary N) is 1. The molecule has 40 heavy (non-hydrogen) atoms. The van der Waals surface area contributed by atoms with E-state index in [9.17, 15) is 5.11 Å². The van der Waals surface area contributed by atoms with Crippen molar-refractivity contribution in [3.8, 4) is 33.5 Å². The molecule has 1 fully saturated rings. The Bertz CT molecular complexity index is 1580. The highest BCUT2D eigenvalue weighted by Gasteiger charge is 2.23. The Morgan fingerprint density at radius 2 is 1.70 bits per heavy atom. The van der Waals surface area contributed by atoms with Gasteiger partial charge in [-0.25, -0.2) is 9.97 Å². The van der Waals surface area contributed by atoms with Crippen molar-refractivity contribution < 1.29 is 14.3 Å². The van der Waals surface area contributed by atoms with Crippen molar-refractivity contribution in [2.24, 2.45) is 0 Å². The van der Waals surface area contributed by atoms with Crippen LogP contribution in [0.4, 0.5) is 10.9 Å². The first-order valence-corrected chi connectivity index (χ1v) is 14.0. The van der Waals surface area contributed by atoms with E-state index >= 15 is 0 Å². The van der Waals surface area contributed by atoms with Crippen molar-refractivity contribution in [1.29, 1.82) is 0 Å². The number of aliphatic hydroxyl groups excluding tert-OH is 1. The third kappa shape index (κ3) is 6.10. The third-order valence-electron chi connectivity index (χ3n) is 6.59. The van der Waals surface area contributed by atoms with Gasteiger partial charge in [-0.15, -0.1) is 10.2 Å². The Kier molecular flexibility index (Phi) is 7.65. The van der Waals surface area contributed by atoms with Gasteiger partial charge in [-0.1, -0.05) is 47.7 Å². The predicted octanol–water partition coefficient (Wildman–Crippen LogP) is 5.77. The van der Waals surface area contributed by atoms with E-state index in [1.165, 1.54) is 11.3 Å². The molecule has 1 aliphatic heterocycles. The molecule has 0 saturated carbocycles. The maximum Gasteiger partial charge on any atom is 0.259 e. The van der Waals surface area contributed by atoms with Gasteiger partial charge in [-0.05, 0) is 55.3 Å².